The van der Waals surface area contributed by atoms with Gasteiger partial charge in [0.25, 0.3) is 0 Å². The first-order chi connectivity index (χ1) is 7.66. The van der Waals surface area contributed by atoms with Gasteiger partial charge in [0.2, 0.25) is 5.91 Å². The monoisotopic (exact) mass is 226 g/mol. The van der Waals surface area contributed by atoms with E-state index in [0.717, 1.165) is 32.2 Å². The number of carbonyl (C=O) groups excluding carboxylic acids is 1. The number of hydrogen-bond donors (Lipinski definition) is 1. The van der Waals surface area contributed by atoms with Crippen molar-refractivity contribution in [2.24, 2.45) is 0 Å². The molecule has 2 fully saturated rings. The topological polar surface area (TPSA) is 60.9 Å². The van der Waals surface area contributed by atoms with Crippen LogP contribution in [0.25, 0.3) is 0 Å². The zero-order valence-electron chi connectivity index (χ0n) is 9.39. The van der Waals surface area contributed by atoms with Crippen molar-refractivity contribution in [3.8, 4) is 0 Å². The Bertz CT molecular complexity index is 281. The molecule has 1 saturated carbocycles. The summed E-state index contributed by atoms with van der Waals surface area (Å²) >= 11 is 0. The SMILES string of the molecule is O=C(O)CCC(=O)N1CCN(C2CC2)CC1. The second-order valence-corrected chi connectivity index (χ2v) is 4.54. The number of nitrogens with zero attached hydrogens (tertiary/aromatic N) is 2. The third kappa shape index (κ3) is 2.95. The summed E-state index contributed by atoms with van der Waals surface area (Å²) in [7, 11) is 0. The maximum atomic E-state index is 11.6. The summed E-state index contributed by atoms with van der Waals surface area (Å²) in [5.41, 5.74) is 0. The highest BCUT2D eigenvalue weighted by molar-refractivity contribution is 5.80. The fraction of sp³-hybridized carbons (Fsp3) is 0.818. The maximum Gasteiger partial charge on any atom is 0.303 e. The van der Waals surface area contributed by atoms with Gasteiger partial charge in [0.1, 0.15) is 0 Å². The third-order valence-electron chi connectivity index (χ3n) is 3.28. The van der Waals surface area contributed by atoms with Crippen LogP contribution < -0.4 is 0 Å². The Balaban J connectivity index is 1.70. The molecule has 5 nitrogen and oxygen atoms in total. The molecule has 5 heteroatoms. The van der Waals surface area contributed by atoms with E-state index < -0.39 is 5.97 Å². The standard InChI is InChI=1S/C11H18N2O3/c14-10(3-4-11(15)16)13-7-5-12(6-8-13)9-1-2-9/h9H,1-8H2,(H,15,16). The minimum Gasteiger partial charge on any atom is -0.481 e. The highest BCUT2D eigenvalue weighted by Gasteiger charge is 2.32. The Morgan fingerprint density at radius 3 is 2.19 bits per heavy atom. The van der Waals surface area contributed by atoms with Crippen molar-refractivity contribution in [2.45, 2.75) is 31.7 Å². The van der Waals surface area contributed by atoms with Gasteiger partial charge in [0.05, 0.1) is 6.42 Å². The molecule has 1 aliphatic heterocycles. The average Bonchev–Trinajstić information content (AvgIpc) is 3.10. The lowest BCUT2D eigenvalue weighted by atomic mass is 10.2. The maximum absolute atomic E-state index is 11.6. The molecule has 0 unspecified atom stereocenters. The molecule has 0 aromatic carbocycles. The van der Waals surface area contributed by atoms with Crippen LogP contribution in [0.5, 0.6) is 0 Å². The Morgan fingerprint density at radius 2 is 1.69 bits per heavy atom. The average molecular weight is 226 g/mol. The van der Waals surface area contributed by atoms with Gasteiger partial charge in [0.15, 0.2) is 0 Å². The van der Waals surface area contributed by atoms with Gasteiger partial charge in [-0.1, -0.05) is 0 Å². The van der Waals surface area contributed by atoms with Gasteiger partial charge < -0.3 is 10.0 Å². The third-order valence-corrected chi connectivity index (χ3v) is 3.28. The minimum absolute atomic E-state index is 0.0159. The molecule has 0 aromatic rings. The predicted octanol–water partition coefficient (Wildman–Crippen LogP) is 0.158. The molecule has 1 amide bonds. The first-order valence-electron chi connectivity index (χ1n) is 5.90. The van der Waals surface area contributed by atoms with Crippen LogP contribution in [0.3, 0.4) is 0 Å². The molecule has 0 radical (unpaired) electrons. The second kappa shape index (κ2) is 4.82. The van der Waals surface area contributed by atoms with E-state index in [1.165, 1.54) is 12.8 Å². The van der Waals surface area contributed by atoms with Crippen LogP contribution in [0.15, 0.2) is 0 Å². The van der Waals surface area contributed by atoms with E-state index in [4.69, 9.17) is 5.11 Å². The van der Waals surface area contributed by atoms with Gasteiger partial charge >= 0.3 is 5.97 Å². The van der Waals surface area contributed by atoms with E-state index in [1.807, 2.05) is 0 Å². The lowest BCUT2D eigenvalue weighted by molar-refractivity contribution is -0.141. The minimum atomic E-state index is -0.898. The number of hydrogen-bond acceptors (Lipinski definition) is 3. The molecule has 1 N–H and O–H groups in total. The molecule has 1 saturated heterocycles. The highest BCUT2D eigenvalue weighted by Crippen LogP contribution is 2.27. The second-order valence-electron chi connectivity index (χ2n) is 4.54. The summed E-state index contributed by atoms with van der Waals surface area (Å²) in [6, 6.07) is 0.760. The molecule has 0 aromatic heterocycles. The molecule has 0 atom stereocenters. The number of carboxylic acids is 1. The predicted molar refractivity (Wildman–Crippen MR) is 58.0 cm³/mol. The van der Waals surface area contributed by atoms with Crippen LogP contribution in [0, 0.1) is 0 Å². The van der Waals surface area contributed by atoms with Crippen LogP contribution in [0.4, 0.5) is 0 Å². The molecule has 16 heavy (non-hydrogen) atoms. The summed E-state index contributed by atoms with van der Waals surface area (Å²) in [6.45, 7) is 3.41. The van der Waals surface area contributed by atoms with E-state index in [-0.39, 0.29) is 18.7 Å². The van der Waals surface area contributed by atoms with Crippen LogP contribution in [-0.2, 0) is 9.59 Å². The molecule has 2 aliphatic rings. The van der Waals surface area contributed by atoms with Crippen LogP contribution >= 0.6 is 0 Å². The van der Waals surface area contributed by atoms with E-state index in [0.29, 0.717) is 0 Å². The van der Waals surface area contributed by atoms with Crippen molar-refractivity contribution in [3.63, 3.8) is 0 Å². The van der Waals surface area contributed by atoms with Gasteiger partial charge in [-0.25, -0.2) is 0 Å². The molecule has 0 spiro atoms. The number of carboxylic acid groups (broad SMARTS) is 1. The van der Waals surface area contributed by atoms with Gasteiger partial charge in [0, 0.05) is 38.6 Å². The summed E-state index contributed by atoms with van der Waals surface area (Å²) < 4.78 is 0. The number of amides is 1. The van der Waals surface area contributed by atoms with Crippen molar-refractivity contribution < 1.29 is 14.7 Å². The first-order valence-corrected chi connectivity index (χ1v) is 5.90. The van der Waals surface area contributed by atoms with Crippen molar-refractivity contribution in [2.75, 3.05) is 26.2 Å². The first kappa shape index (κ1) is 11.4. The quantitative estimate of drug-likeness (QED) is 0.741. The van der Waals surface area contributed by atoms with Crippen LogP contribution in [-0.4, -0.2) is 59.0 Å². The lowest BCUT2D eigenvalue weighted by Crippen LogP contribution is -2.49. The molecule has 1 aliphatic carbocycles. The van der Waals surface area contributed by atoms with Crippen molar-refractivity contribution in [1.82, 2.24) is 9.80 Å². The highest BCUT2D eigenvalue weighted by atomic mass is 16.4. The molecular weight excluding hydrogens is 208 g/mol. The van der Waals surface area contributed by atoms with E-state index in [2.05, 4.69) is 4.90 Å². The zero-order chi connectivity index (χ0) is 11.5. The number of aliphatic carboxylic acids is 1. The molecule has 1 heterocycles. The summed E-state index contributed by atoms with van der Waals surface area (Å²) in [5, 5.41) is 8.50. The summed E-state index contributed by atoms with van der Waals surface area (Å²) in [4.78, 5) is 26.2. The normalized spacial score (nSPS) is 22.1. The Hall–Kier alpha value is -1.10. The molecule has 90 valence electrons. The van der Waals surface area contributed by atoms with Crippen molar-refractivity contribution in [1.29, 1.82) is 0 Å². The van der Waals surface area contributed by atoms with Gasteiger partial charge in [-0.05, 0) is 12.8 Å². The smallest absolute Gasteiger partial charge is 0.303 e. The van der Waals surface area contributed by atoms with E-state index >= 15 is 0 Å². The van der Waals surface area contributed by atoms with Crippen molar-refractivity contribution in [3.05, 3.63) is 0 Å². The number of rotatable bonds is 4. The lowest BCUT2D eigenvalue weighted by Gasteiger charge is -2.34. The molecule has 2 rings (SSSR count). The molecular formula is C11H18N2O3. The summed E-state index contributed by atoms with van der Waals surface area (Å²) in [6.07, 6.45) is 2.68. The van der Waals surface area contributed by atoms with Gasteiger partial charge in [-0.3, -0.25) is 14.5 Å². The van der Waals surface area contributed by atoms with Crippen LogP contribution in [0.1, 0.15) is 25.7 Å². The largest absolute Gasteiger partial charge is 0.481 e. The molecule has 0 bridgehead atoms. The van der Waals surface area contributed by atoms with Crippen molar-refractivity contribution >= 4 is 11.9 Å². The van der Waals surface area contributed by atoms with Crippen LogP contribution in [0.2, 0.25) is 0 Å². The Kier molecular flexibility index (Phi) is 3.43. The fourth-order valence-corrected chi connectivity index (χ4v) is 2.15. The number of piperazine rings is 1. The summed E-state index contributed by atoms with van der Waals surface area (Å²) in [5.74, 6) is -0.914. The van der Waals surface area contributed by atoms with Gasteiger partial charge in [-0.2, -0.15) is 0 Å². The Labute approximate surface area is 95.0 Å². The zero-order valence-corrected chi connectivity index (χ0v) is 9.39. The van der Waals surface area contributed by atoms with E-state index in [1.54, 1.807) is 4.90 Å². The Morgan fingerprint density at radius 1 is 1.06 bits per heavy atom. The number of carbonyl (C=O) groups is 2. The van der Waals surface area contributed by atoms with E-state index in [9.17, 15) is 9.59 Å². The fourth-order valence-electron chi connectivity index (χ4n) is 2.15. The van der Waals surface area contributed by atoms with Gasteiger partial charge in [-0.15, -0.1) is 0 Å².